The lowest BCUT2D eigenvalue weighted by Crippen LogP contribution is -2.30. The molecule has 0 aliphatic carbocycles. The van der Waals surface area contributed by atoms with Crippen LogP contribution in [0, 0.1) is 0 Å². The van der Waals surface area contributed by atoms with Gasteiger partial charge in [0.2, 0.25) is 0 Å². The summed E-state index contributed by atoms with van der Waals surface area (Å²) in [6.45, 7) is 3.57. The summed E-state index contributed by atoms with van der Waals surface area (Å²) in [6.07, 6.45) is 3.93. The van der Waals surface area contributed by atoms with Crippen LogP contribution in [0.3, 0.4) is 0 Å². The Kier molecular flexibility index (Phi) is 7.41. The van der Waals surface area contributed by atoms with Gasteiger partial charge >= 0.3 is 0 Å². The number of rotatable bonds is 7. The molecule has 1 atom stereocenters. The van der Waals surface area contributed by atoms with Gasteiger partial charge in [0, 0.05) is 0 Å². The molecule has 0 spiro atoms. The molecule has 3 heteroatoms. The van der Waals surface area contributed by atoms with Gasteiger partial charge in [-0.3, -0.25) is 0 Å². The molecule has 11 heavy (non-hydrogen) atoms. The van der Waals surface area contributed by atoms with E-state index in [0.717, 1.165) is 38.6 Å². The van der Waals surface area contributed by atoms with Crippen LogP contribution in [-0.2, 0) is 4.79 Å². The summed E-state index contributed by atoms with van der Waals surface area (Å²) in [6, 6.07) is 0.0338. The van der Waals surface area contributed by atoms with Gasteiger partial charge in [-0.1, -0.05) is 13.3 Å². The third-order valence-corrected chi connectivity index (χ3v) is 1.60. The van der Waals surface area contributed by atoms with Crippen molar-refractivity contribution < 1.29 is 4.79 Å². The van der Waals surface area contributed by atoms with E-state index in [2.05, 4.69) is 5.32 Å². The van der Waals surface area contributed by atoms with E-state index in [1.807, 2.05) is 6.92 Å². The predicted molar refractivity (Wildman–Crippen MR) is 46.4 cm³/mol. The Labute approximate surface area is 68.3 Å². The highest BCUT2D eigenvalue weighted by Gasteiger charge is 2.02. The number of carbonyl (C=O) groups is 1. The van der Waals surface area contributed by atoms with Gasteiger partial charge in [0.25, 0.3) is 0 Å². The van der Waals surface area contributed by atoms with Crippen molar-refractivity contribution in [1.82, 2.24) is 5.32 Å². The van der Waals surface area contributed by atoms with E-state index in [-0.39, 0.29) is 6.04 Å². The van der Waals surface area contributed by atoms with Crippen LogP contribution in [0.15, 0.2) is 0 Å². The molecule has 0 aromatic rings. The molecule has 3 N–H and O–H groups in total. The minimum absolute atomic E-state index is 0.0338. The van der Waals surface area contributed by atoms with E-state index in [1.165, 1.54) is 0 Å². The zero-order chi connectivity index (χ0) is 8.53. The summed E-state index contributed by atoms with van der Waals surface area (Å²) in [7, 11) is 0. The number of carbonyl (C=O) groups excluding carboxylic acids is 1. The average molecular weight is 158 g/mol. The van der Waals surface area contributed by atoms with Crippen LogP contribution in [0.25, 0.3) is 0 Å². The number of nitrogens with one attached hydrogen (secondary N) is 1. The molecule has 0 radical (unpaired) electrons. The van der Waals surface area contributed by atoms with Gasteiger partial charge in [-0.2, -0.15) is 0 Å². The lowest BCUT2D eigenvalue weighted by Gasteiger charge is -2.09. The van der Waals surface area contributed by atoms with Crippen LogP contribution < -0.4 is 11.1 Å². The Bertz CT molecular complexity index is 96.1. The molecule has 0 aliphatic heterocycles. The molecule has 0 aromatic heterocycles. The summed E-state index contributed by atoms with van der Waals surface area (Å²) in [4.78, 5) is 10.4. The molecule has 0 amide bonds. The smallest absolute Gasteiger partial charge is 0.136 e. The second-order valence-electron chi connectivity index (χ2n) is 2.58. The van der Waals surface area contributed by atoms with Crippen molar-refractivity contribution in [2.45, 2.75) is 32.2 Å². The second-order valence-corrected chi connectivity index (χ2v) is 2.58. The number of hydrogen-bond acceptors (Lipinski definition) is 3. The van der Waals surface area contributed by atoms with Crippen LogP contribution in [0.2, 0.25) is 0 Å². The summed E-state index contributed by atoms with van der Waals surface area (Å²) in [5, 5.41) is 3.08. The fourth-order valence-corrected chi connectivity index (χ4v) is 0.989. The summed E-state index contributed by atoms with van der Waals surface area (Å²) >= 11 is 0. The van der Waals surface area contributed by atoms with Crippen LogP contribution >= 0.6 is 0 Å². The number of hydrogen-bond donors (Lipinski definition) is 2. The molecule has 0 aromatic carbocycles. The SMILES string of the molecule is CCNC(C=O)CCCCN. The Balaban J connectivity index is 3.28. The van der Waals surface area contributed by atoms with Gasteiger partial charge in [-0.15, -0.1) is 0 Å². The van der Waals surface area contributed by atoms with Crippen molar-refractivity contribution in [1.29, 1.82) is 0 Å². The Morgan fingerprint density at radius 3 is 2.73 bits per heavy atom. The molecule has 66 valence electrons. The maximum Gasteiger partial charge on any atom is 0.136 e. The van der Waals surface area contributed by atoms with E-state index in [0.29, 0.717) is 0 Å². The normalized spacial score (nSPS) is 12.9. The maximum atomic E-state index is 10.4. The van der Waals surface area contributed by atoms with Crippen LogP contribution in [-0.4, -0.2) is 25.4 Å². The average Bonchev–Trinajstić information content (AvgIpc) is 2.03. The first kappa shape index (κ1) is 10.6. The van der Waals surface area contributed by atoms with Gasteiger partial charge in [0.1, 0.15) is 6.29 Å². The largest absolute Gasteiger partial charge is 0.330 e. The summed E-state index contributed by atoms with van der Waals surface area (Å²) in [5.74, 6) is 0. The minimum Gasteiger partial charge on any atom is -0.330 e. The van der Waals surface area contributed by atoms with Crippen molar-refractivity contribution in [2.75, 3.05) is 13.1 Å². The lowest BCUT2D eigenvalue weighted by molar-refractivity contribution is -0.109. The molecule has 0 saturated carbocycles. The fourth-order valence-electron chi connectivity index (χ4n) is 0.989. The summed E-state index contributed by atoms with van der Waals surface area (Å²) in [5.41, 5.74) is 5.32. The fraction of sp³-hybridized carbons (Fsp3) is 0.875. The Morgan fingerprint density at radius 2 is 2.27 bits per heavy atom. The van der Waals surface area contributed by atoms with Crippen molar-refractivity contribution in [3.63, 3.8) is 0 Å². The number of nitrogens with two attached hydrogens (primary N) is 1. The molecule has 0 rings (SSSR count). The van der Waals surface area contributed by atoms with Gasteiger partial charge in [0.15, 0.2) is 0 Å². The summed E-state index contributed by atoms with van der Waals surface area (Å²) < 4.78 is 0. The quantitative estimate of drug-likeness (QED) is 0.413. The first-order chi connectivity index (χ1) is 5.35. The zero-order valence-corrected chi connectivity index (χ0v) is 7.18. The van der Waals surface area contributed by atoms with Crippen LogP contribution in [0.1, 0.15) is 26.2 Å². The molecule has 3 nitrogen and oxygen atoms in total. The van der Waals surface area contributed by atoms with Gasteiger partial charge < -0.3 is 15.8 Å². The third kappa shape index (κ3) is 6.01. The topological polar surface area (TPSA) is 55.1 Å². The van der Waals surface area contributed by atoms with Crippen LogP contribution in [0.4, 0.5) is 0 Å². The molecule has 0 bridgehead atoms. The predicted octanol–water partition coefficient (Wildman–Crippen LogP) is 0.292. The van der Waals surface area contributed by atoms with Gasteiger partial charge in [-0.05, 0) is 25.9 Å². The molecule has 0 fully saturated rings. The minimum atomic E-state index is 0.0338. The molecular formula is C8H18N2O. The monoisotopic (exact) mass is 158 g/mol. The molecular weight excluding hydrogens is 140 g/mol. The Morgan fingerprint density at radius 1 is 1.55 bits per heavy atom. The van der Waals surface area contributed by atoms with Crippen LogP contribution in [0.5, 0.6) is 0 Å². The van der Waals surface area contributed by atoms with Gasteiger partial charge in [-0.25, -0.2) is 0 Å². The number of aldehydes is 1. The maximum absolute atomic E-state index is 10.4. The molecule has 0 saturated heterocycles. The third-order valence-electron chi connectivity index (χ3n) is 1.60. The zero-order valence-electron chi connectivity index (χ0n) is 7.18. The first-order valence-electron chi connectivity index (χ1n) is 4.23. The first-order valence-corrected chi connectivity index (χ1v) is 4.23. The van der Waals surface area contributed by atoms with E-state index in [4.69, 9.17) is 5.73 Å². The number of likely N-dealkylation sites (N-methyl/N-ethyl adjacent to an activating group) is 1. The highest BCUT2D eigenvalue weighted by atomic mass is 16.1. The van der Waals surface area contributed by atoms with E-state index in [9.17, 15) is 4.79 Å². The van der Waals surface area contributed by atoms with Crippen molar-refractivity contribution in [2.24, 2.45) is 5.73 Å². The number of unbranched alkanes of at least 4 members (excludes halogenated alkanes) is 1. The Hall–Kier alpha value is -0.410. The van der Waals surface area contributed by atoms with Gasteiger partial charge in [0.05, 0.1) is 6.04 Å². The second kappa shape index (κ2) is 7.69. The highest BCUT2D eigenvalue weighted by molar-refractivity contribution is 5.57. The lowest BCUT2D eigenvalue weighted by atomic mass is 10.1. The van der Waals surface area contributed by atoms with Crippen molar-refractivity contribution in [3.05, 3.63) is 0 Å². The molecule has 0 aliphatic rings. The molecule has 0 heterocycles. The van der Waals surface area contributed by atoms with E-state index < -0.39 is 0 Å². The molecule has 1 unspecified atom stereocenters. The van der Waals surface area contributed by atoms with Crippen molar-refractivity contribution in [3.8, 4) is 0 Å². The standard InChI is InChI=1S/C8H18N2O/c1-2-10-8(7-11)5-3-4-6-9/h7-8,10H,2-6,9H2,1H3. The van der Waals surface area contributed by atoms with E-state index >= 15 is 0 Å². The van der Waals surface area contributed by atoms with Crippen molar-refractivity contribution >= 4 is 6.29 Å². The highest BCUT2D eigenvalue weighted by Crippen LogP contribution is 1.97. The van der Waals surface area contributed by atoms with E-state index in [1.54, 1.807) is 0 Å².